The number of ether oxygens (including phenoxy) is 1. The van der Waals surface area contributed by atoms with E-state index in [0.29, 0.717) is 12.2 Å². The van der Waals surface area contributed by atoms with Crippen molar-refractivity contribution in [2.24, 2.45) is 0 Å². The van der Waals surface area contributed by atoms with Crippen molar-refractivity contribution in [2.45, 2.75) is 78.0 Å². The molecule has 0 aromatic rings. The minimum atomic E-state index is 0.264. The van der Waals surface area contributed by atoms with Gasteiger partial charge in [0.05, 0.1) is 12.2 Å². The molecule has 0 aromatic carbocycles. The predicted octanol–water partition coefficient (Wildman–Crippen LogP) is 3.04. The molecule has 114 valence electrons. The zero-order chi connectivity index (χ0) is 14.3. The van der Waals surface area contributed by atoms with Gasteiger partial charge in [0.1, 0.15) is 0 Å². The summed E-state index contributed by atoms with van der Waals surface area (Å²) in [5, 5.41) is 3.55. The highest BCUT2D eigenvalue weighted by molar-refractivity contribution is 4.73. The summed E-state index contributed by atoms with van der Waals surface area (Å²) in [5.41, 5.74) is 0.264. The van der Waals surface area contributed by atoms with E-state index < -0.39 is 0 Å². The minimum absolute atomic E-state index is 0.264. The predicted molar refractivity (Wildman–Crippen MR) is 82.7 cm³/mol. The lowest BCUT2D eigenvalue weighted by Crippen LogP contribution is -2.45. The normalized spacial score (nSPS) is 25.7. The Kier molecular flexibility index (Phi) is 7.33. The first-order chi connectivity index (χ1) is 8.87. The quantitative estimate of drug-likeness (QED) is 0.720. The second-order valence-electron chi connectivity index (χ2n) is 7.11. The summed E-state index contributed by atoms with van der Waals surface area (Å²) in [7, 11) is 0. The molecule has 0 radical (unpaired) electrons. The second kappa shape index (κ2) is 8.23. The van der Waals surface area contributed by atoms with Crippen LogP contribution in [-0.2, 0) is 4.74 Å². The molecule has 1 rings (SSSR count). The van der Waals surface area contributed by atoms with Crippen LogP contribution in [0.15, 0.2) is 0 Å². The van der Waals surface area contributed by atoms with Crippen molar-refractivity contribution >= 4 is 0 Å². The van der Waals surface area contributed by atoms with E-state index in [-0.39, 0.29) is 5.54 Å². The molecular weight excluding hydrogens is 236 g/mol. The lowest BCUT2D eigenvalue weighted by Gasteiger charge is -2.35. The van der Waals surface area contributed by atoms with E-state index in [2.05, 4.69) is 44.8 Å². The SMILES string of the molecule is CC1CN(CCCCCCNC(C)(C)C)CC(C)O1. The summed E-state index contributed by atoms with van der Waals surface area (Å²) in [4.78, 5) is 2.56. The van der Waals surface area contributed by atoms with Gasteiger partial charge in [-0.15, -0.1) is 0 Å². The molecule has 1 aliphatic heterocycles. The summed E-state index contributed by atoms with van der Waals surface area (Å²) < 4.78 is 5.76. The van der Waals surface area contributed by atoms with Gasteiger partial charge in [-0.3, -0.25) is 4.90 Å². The van der Waals surface area contributed by atoms with Crippen LogP contribution in [-0.4, -0.2) is 48.8 Å². The summed E-state index contributed by atoms with van der Waals surface area (Å²) in [6.07, 6.45) is 6.13. The highest BCUT2D eigenvalue weighted by atomic mass is 16.5. The number of nitrogens with one attached hydrogen (secondary N) is 1. The molecule has 2 atom stereocenters. The Morgan fingerprint density at radius 2 is 1.58 bits per heavy atom. The van der Waals surface area contributed by atoms with Crippen molar-refractivity contribution in [3.63, 3.8) is 0 Å². The molecule has 2 unspecified atom stereocenters. The zero-order valence-corrected chi connectivity index (χ0v) is 13.7. The smallest absolute Gasteiger partial charge is 0.0678 e. The Morgan fingerprint density at radius 1 is 1.00 bits per heavy atom. The molecular formula is C16H34N2O. The van der Waals surface area contributed by atoms with Crippen LogP contribution in [0.5, 0.6) is 0 Å². The average molecular weight is 270 g/mol. The van der Waals surface area contributed by atoms with Crippen molar-refractivity contribution in [3.8, 4) is 0 Å². The van der Waals surface area contributed by atoms with Crippen LogP contribution < -0.4 is 5.32 Å². The van der Waals surface area contributed by atoms with E-state index in [9.17, 15) is 0 Å². The van der Waals surface area contributed by atoms with Crippen LogP contribution in [0.25, 0.3) is 0 Å². The fourth-order valence-electron chi connectivity index (χ4n) is 2.74. The Labute approximate surface area is 120 Å². The van der Waals surface area contributed by atoms with Gasteiger partial charge < -0.3 is 10.1 Å². The van der Waals surface area contributed by atoms with E-state index in [1.54, 1.807) is 0 Å². The Morgan fingerprint density at radius 3 is 2.16 bits per heavy atom. The summed E-state index contributed by atoms with van der Waals surface area (Å²) in [6.45, 7) is 15.7. The third-order valence-electron chi connectivity index (χ3n) is 3.55. The van der Waals surface area contributed by atoms with E-state index in [1.807, 2.05) is 0 Å². The molecule has 1 fully saturated rings. The lowest BCUT2D eigenvalue weighted by molar-refractivity contribution is -0.0681. The second-order valence-corrected chi connectivity index (χ2v) is 7.11. The van der Waals surface area contributed by atoms with Crippen molar-refractivity contribution in [2.75, 3.05) is 26.2 Å². The zero-order valence-electron chi connectivity index (χ0n) is 13.7. The summed E-state index contributed by atoms with van der Waals surface area (Å²) in [6, 6.07) is 0. The van der Waals surface area contributed by atoms with Gasteiger partial charge in [-0.25, -0.2) is 0 Å². The molecule has 1 heterocycles. The Hall–Kier alpha value is -0.120. The number of morpholine rings is 1. The molecule has 3 nitrogen and oxygen atoms in total. The van der Waals surface area contributed by atoms with Gasteiger partial charge in [-0.05, 0) is 60.5 Å². The topological polar surface area (TPSA) is 24.5 Å². The minimum Gasteiger partial charge on any atom is -0.373 e. The maximum atomic E-state index is 5.76. The van der Waals surface area contributed by atoms with Crippen LogP contribution in [0.4, 0.5) is 0 Å². The molecule has 0 saturated carbocycles. The molecule has 1 N–H and O–H groups in total. The maximum Gasteiger partial charge on any atom is 0.0678 e. The van der Waals surface area contributed by atoms with Crippen molar-refractivity contribution < 1.29 is 4.74 Å². The van der Waals surface area contributed by atoms with Crippen molar-refractivity contribution in [1.82, 2.24) is 10.2 Å². The first-order valence-electron chi connectivity index (χ1n) is 7.99. The Bertz CT molecular complexity index is 227. The van der Waals surface area contributed by atoms with Crippen LogP contribution in [0.3, 0.4) is 0 Å². The molecule has 0 aliphatic carbocycles. The van der Waals surface area contributed by atoms with Crippen molar-refractivity contribution in [1.29, 1.82) is 0 Å². The molecule has 1 aliphatic rings. The van der Waals surface area contributed by atoms with E-state index in [4.69, 9.17) is 4.74 Å². The van der Waals surface area contributed by atoms with Crippen molar-refractivity contribution in [3.05, 3.63) is 0 Å². The monoisotopic (exact) mass is 270 g/mol. The fraction of sp³-hybridized carbons (Fsp3) is 1.00. The maximum absolute atomic E-state index is 5.76. The van der Waals surface area contributed by atoms with Gasteiger partial charge in [0.15, 0.2) is 0 Å². The molecule has 19 heavy (non-hydrogen) atoms. The highest BCUT2D eigenvalue weighted by Gasteiger charge is 2.21. The Balaban J connectivity index is 1.96. The van der Waals surface area contributed by atoms with E-state index in [0.717, 1.165) is 19.6 Å². The third-order valence-corrected chi connectivity index (χ3v) is 3.55. The van der Waals surface area contributed by atoms with E-state index >= 15 is 0 Å². The largest absolute Gasteiger partial charge is 0.373 e. The first-order valence-corrected chi connectivity index (χ1v) is 7.99. The van der Waals surface area contributed by atoms with E-state index in [1.165, 1.54) is 32.2 Å². The third kappa shape index (κ3) is 8.61. The average Bonchev–Trinajstić information content (AvgIpc) is 2.25. The van der Waals surface area contributed by atoms with Gasteiger partial charge in [-0.1, -0.05) is 12.8 Å². The standard InChI is InChI=1S/C16H34N2O/c1-14-12-18(13-15(2)19-14)11-9-7-6-8-10-17-16(3,4)5/h14-15,17H,6-13H2,1-5H3. The molecule has 1 saturated heterocycles. The number of rotatable bonds is 7. The van der Waals surface area contributed by atoms with Crippen LogP contribution in [0.1, 0.15) is 60.3 Å². The number of hydrogen-bond acceptors (Lipinski definition) is 3. The molecule has 0 spiro atoms. The van der Waals surface area contributed by atoms with Crippen LogP contribution in [0.2, 0.25) is 0 Å². The van der Waals surface area contributed by atoms with Gasteiger partial charge in [0.25, 0.3) is 0 Å². The highest BCUT2D eigenvalue weighted by Crippen LogP contribution is 2.12. The van der Waals surface area contributed by atoms with Gasteiger partial charge in [0, 0.05) is 18.6 Å². The van der Waals surface area contributed by atoms with Gasteiger partial charge in [0.2, 0.25) is 0 Å². The first kappa shape index (κ1) is 16.9. The number of unbranched alkanes of at least 4 members (excludes halogenated alkanes) is 3. The lowest BCUT2D eigenvalue weighted by atomic mass is 10.1. The molecule has 0 bridgehead atoms. The van der Waals surface area contributed by atoms with Gasteiger partial charge in [-0.2, -0.15) is 0 Å². The fourth-order valence-corrected chi connectivity index (χ4v) is 2.74. The summed E-state index contributed by atoms with van der Waals surface area (Å²) in [5.74, 6) is 0. The van der Waals surface area contributed by atoms with Crippen LogP contribution >= 0.6 is 0 Å². The number of nitrogens with zero attached hydrogens (tertiary/aromatic N) is 1. The molecule has 3 heteroatoms. The summed E-state index contributed by atoms with van der Waals surface area (Å²) >= 11 is 0. The number of hydrogen-bond donors (Lipinski definition) is 1. The van der Waals surface area contributed by atoms with Crippen LogP contribution in [0, 0.1) is 0 Å². The van der Waals surface area contributed by atoms with Gasteiger partial charge >= 0.3 is 0 Å². The molecule has 0 amide bonds. The molecule has 0 aromatic heterocycles.